The number of hydrogen-bond acceptors (Lipinski definition) is 2. The van der Waals surface area contributed by atoms with E-state index in [2.05, 4.69) is 24.3 Å². The molecule has 2 nitrogen and oxygen atoms in total. The number of benzene rings is 3. The molecule has 114 valence electrons. The molecule has 3 aromatic carbocycles. The second kappa shape index (κ2) is 7.21. The molecule has 0 saturated carbocycles. The highest BCUT2D eigenvalue weighted by molar-refractivity contribution is 7.80. The Labute approximate surface area is 137 Å². The van der Waals surface area contributed by atoms with Gasteiger partial charge in [-0.2, -0.15) is 0 Å². The third-order valence-corrected chi connectivity index (χ3v) is 6.15. The summed E-state index contributed by atoms with van der Waals surface area (Å²) in [4.78, 5) is 11.6. The van der Waals surface area contributed by atoms with Crippen molar-refractivity contribution in [2.24, 2.45) is 0 Å². The predicted molar refractivity (Wildman–Crippen MR) is 97.1 cm³/mol. The van der Waals surface area contributed by atoms with Gasteiger partial charge in [0.05, 0.1) is 7.11 Å². The van der Waals surface area contributed by atoms with Crippen LogP contribution >= 0.6 is 7.92 Å². The molecule has 0 fully saturated rings. The first-order chi connectivity index (χ1) is 11.3. The lowest BCUT2D eigenvalue weighted by Crippen LogP contribution is -2.23. The van der Waals surface area contributed by atoms with Crippen molar-refractivity contribution in [3.05, 3.63) is 84.4 Å². The second-order valence-corrected chi connectivity index (χ2v) is 7.23. The molecule has 0 N–H and O–H groups in total. The highest BCUT2D eigenvalue weighted by atomic mass is 31.1. The van der Waals surface area contributed by atoms with Crippen LogP contribution in [0.4, 0.5) is 0 Å². The molecule has 0 heterocycles. The molecule has 0 aliphatic carbocycles. The Hall–Kier alpha value is -2.44. The van der Waals surface area contributed by atoms with Crippen molar-refractivity contribution >= 4 is 30.1 Å². The largest absolute Gasteiger partial charge is 0.497 e. The van der Waals surface area contributed by atoms with Gasteiger partial charge in [-0.15, -0.1) is 0 Å². The molecule has 0 amide bonds. The standard InChI is InChI=1S/C20H17O2P/c1-22-17-12-13-20(16(14-17)15-21)23(18-8-4-2-5-9-18)19-10-6-3-7-11-19/h2-15H,1H3. The Bertz CT molecular complexity index is 746. The summed E-state index contributed by atoms with van der Waals surface area (Å²) >= 11 is 0. The second-order valence-electron chi connectivity index (χ2n) is 5.05. The van der Waals surface area contributed by atoms with Crippen molar-refractivity contribution in [1.29, 1.82) is 0 Å². The zero-order valence-electron chi connectivity index (χ0n) is 12.8. The van der Waals surface area contributed by atoms with Gasteiger partial charge in [-0.05, 0) is 42.0 Å². The first-order valence-corrected chi connectivity index (χ1v) is 8.71. The van der Waals surface area contributed by atoms with E-state index in [0.29, 0.717) is 11.3 Å². The van der Waals surface area contributed by atoms with E-state index in [1.807, 2.05) is 54.6 Å². The summed E-state index contributed by atoms with van der Waals surface area (Å²) in [6, 6.07) is 26.4. The Morgan fingerprint density at radius 2 is 1.39 bits per heavy atom. The summed E-state index contributed by atoms with van der Waals surface area (Å²) in [7, 11) is 0.835. The molecular weight excluding hydrogens is 303 g/mol. The normalized spacial score (nSPS) is 10.5. The summed E-state index contributed by atoms with van der Waals surface area (Å²) < 4.78 is 5.25. The van der Waals surface area contributed by atoms with Crippen molar-refractivity contribution in [2.75, 3.05) is 7.11 Å². The minimum Gasteiger partial charge on any atom is -0.497 e. The molecule has 0 saturated heterocycles. The van der Waals surface area contributed by atoms with Crippen LogP contribution in [-0.4, -0.2) is 13.4 Å². The molecule has 23 heavy (non-hydrogen) atoms. The molecule has 3 heteroatoms. The molecule has 0 bridgehead atoms. The molecule has 0 unspecified atom stereocenters. The van der Waals surface area contributed by atoms with Gasteiger partial charge in [0.1, 0.15) is 5.75 Å². The molecule has 3 rings (SSSR count). The Morgan fingerprint density at radius 3 is 1.87 bits per heavy atom. The Balaban J connectivity index is 2.19. The molecule has 0 aromatic heterocycles. The van der Waals surface area contributed by atoms with E-state index in [1.165, 1.54) is 10.6 Å². The van der Waals surface area contributed by atoms with Crippen LogP contribution in [0.5, 0.6) is 5.75 Å². The molecule has 0 aliphatic heterocycles. The molecular formula is C20H17O2P. The average molecular weight is 320 g/mol. The maximum atomic E-state index is 11.6. The van der Waals surface area contributed by atoms with E-state index in [-0.39, 0.29) is 0 Å². The van der Waals surface area contributed by atoms with E-state index in [1.54, 1.807) is 7.11 Å². The van der Waals surface area contributed by atoms with E-state index in [0.717, 1.165) is 11.6 Å². The number of carbonyl (C=O) groups is 1. The van der Waals surface area contributed by atoms with Crippen LogP contribution in [0.25, 0.3) is 0 Å². The van der Waals surface area contributed by atoms with E-state index < -0.39 is 7.92 Å². The van der Waals surface area contributed by atoms with Crippen molar-refractivity contribution in [2.45, 2.75) is 0 Å². The molecule has 0 spiro atoms. The SMILES string of the molecule is COc1ccc(P(c2ccccc2)c2ccccc2)c(C=O)c1. The number of rotatable bonds is 5. The van der Waals surface area contributed by atoms with Gasteiger partial charge in [-0.1, -0.05) is 60.7 Å². The van der Waals surface area contributed by atoms with Gasteiger partial charge < -0.3 is 4.74 Å². The van der Waals surface area contributed by atoms with Crippen molar-refractivity contribution in [3.63, 3.8) is 0 Å². The van der Waals surface area contributed by atoms with Gasteiger partial charge >= 0.3 is 0 Å². The molecule has 0 atom stereocenters. The minimum absolute atomic E-state index is 0.683. The predicted octanol–water partition coefficient (Wildman–Crippen LogP) is 3.27. The number of aldehydes is 1. The molecule has 0 aliphatic rings. The van der Waals surface area contributed by atoms with Crippen LogP contribution in [0, 0.1) is 0 Å². The summed E-state index contributed by atoms with van der Waals surface area (Å²) in [5, 5.41) is 3.50. The first kappa shape index (κ1) is 15.5. The van der Waals surface area contributed by atoms with Crippen molar-refractivity contribution in [1.82, 2.24) is 0 Å². The Morgan fingerprint density at radius 1 is 0.826 bits per heavy atom. The summed E-state index contributed by atoms with van der Waals surface area (Å²) in [6.07, 6.45) is 0.916. The number of ether oxygens (including phenoxy) is 1. The van der Waals surface area contributed by atoms with E-state index in [4.69, 9.17) is 4.74 Å². The summed E-state index contributed by atoms with van der Waals surface area (Å²) in [5.74, 6) is 0.701. The maximum absolute atomic E-state index is 11.6. The van der Waals surface area contributed by atoms with Crippen LogP contribution in [0.15, 0.2) is 78.9 Å². The zero-order valence-corrected chi connectivity index (χ0v) is 13.7. The maximum Gasteiger partial charge on any atom is 0.150 e. The van der Waals surface area contributed by atoms with Gasteiger partial charge in [0.25, 0.3) is 0 Å². The zero-order chi connectivity index (χ0) is 16.1. The number of methoxy groups -OCH3 is 1. The van der Waals surface area contributed by atoms with Crippen LogP contribution in [0.3, 0.4) is 0 Å². The van der Waals surface area contributed by atoms with E-state index in [9.17, 15) is 4.79 Å². The summed E-state index contributed by atoms with van der Waals surface area (Å²) in [6.45, 7) is 0. The quantitative estimate of drug-likeness (QED) is 0.533. The molecule has 0 radical (unpaired) electrons. The van der Waals surface area contributed by atoms with Crippen LogP contribution < -0.4 is 20.7 Å². The first-order valence-electron chi connectivity index (χ1n) is 7.37. The lowest BCUT2D eigenvalue weighted by Gasteiger charge is -2.21. The fourth-order valence-electron chi connectivity index (χ4n) is 2.54. The Kier molecular flexibility index (Phi) is 4.85. The van der Waals surface area contributed by atoms with Gasteiger partial charge in [-0.3, -0.25) is 4.79 Å². The minimum atomic E-state index is -0.777. The average Bonchev–Trinajstić information content (AvgIpc) is 2.64. The van der Waals surface area contributed by atoms with E-state index >= 15 is 0 Å². The van der Waals surface area contributed by atoms with Crippen LogP contribution in [0.2, 0.25) is 0 Å². The molecule has 3 aromatic rings. The smallest absolute Gasteiger partial charge is 0.150 e. The number of hydrogen-bond donors (Lipinski definition) is 0. The van der Waals surface area contributed by atoms with Crippen molar-refractivity contribution < 1.29 is 9.53 Å². The number of carbonyl (C=O) groups excluding carboxylic acids is 1. The highest BCUT2D eigenvalue weighted by Gasteiger charge is 2.19. The summed E-state index contributed by atoms with van der Waals surface area (Å²) in [5.41, 5.74) is 0.683. The fraction of sp³-hybridized carbons (Fsp3) is 0.0500. The van der Waals surface area contributed by atoms with Gasteiger partial charge in [-0.25, -0.2) is 0 Å². The van der Waals surface area contributed by atoms with Gasteiger partial charge in [0.15, 0.2) is 6.29 Å². The monoisotopic (exact) mass is 320 g/mol. The van der Waals surface area contributed by atoms with Crippen LogP contribution in [-0.2, 0) is 0 Å². The topological polar surface area (TPSA) is 26.3 Å². The third-order valence-electron chi connectivity index (χ3n) is 3.63. The third kappa shape index (κ3) is 3.33. The van der Waals surface area contributed by atoms with Gasteiger partial charge in [0.2, 0.25) is 0 Å². The van der Waals surface area contributed by atoms with Crippen molar-refractivity contribution in [3.8, 4) is 5.75 Å². The fourth-order valence-corrected chi connectivity index (χ4v) is 4.93. The lowest BCUT2D eigenvalue weighted by atomic mass is 10.2. The highest BCUT2D eigenvalue weighted by Crippen LogP contribution is 2.34. The van der Waals surface area contributed by atoms with Crippen LogP contribution in [0.1, 0.15) is 10.4 Å². The lowest BCUT2D eigenvalue weighted by molar-refractivity contribution is 0.112. The van der Waals surface area contributed by atoms with Gasteiger partial charge in [0, 0.05) is 5.56 Å².